The third-order valence-corrected chi connectivity index (χ3v) is 1.81. The van der Waals surface area contributed by atoms with Crippen molar-refractivity contribution in [3.8, 4) is 0 Å². The molecule has 0 spiro atoms. The molecule has 1 aromatic heterocycles. The SMILES string of the molecule is NC(=S)CCCn1cc(Cl)cn1. The first-order chi connectivity index (χ1) is 5.68. The Bertz CT molecular complexity index is 271. The number of hydrogen-bond donors (Lipinski definition) is 1. The van der Waals surface area contributed by atoms with Crippen molar-refractivity contribution in [3.63, 3.8) is 0 Å². The van der Waals surface area contributed by atoms with Gasteiger partial charge in [0.1, 0.15) is 0 Å². The lowest BCUT2D eigenvalue weighted by Crippen LogP contribution is -2.09. The van der Waals surface area contributed by atoms with E-state index in [0.717, 1.165) is 19.4 Å². The van der Waals surface area contributed by atoms with Gasteiger partial charge in [0.15, 0.2) is 0 Å². The minimum Gasteiger partial charge on any atom is -0.393 e. The average Bonchev–Trinajstić information content (AvgIpc) is 2.35. The van der Waals surface area contributed by atoms with Crippen molar-refractivity contribution >= 4 is 28.8 Å². The Morgan fingerprint density at radius 1 is 1.75 bits per heavy atom. The van der Waals surface area contributed by atoms with Gasteiger partial charge in [-0.25, -0.2) is 0 Å². The molecule has 0 fully saturated rings. The second kappa shape index (κ2) is 4.42. The van der Waals surface area contributed by atoms with Crippen LogP contribution in [0.15, 0.2) is 12.4 Å². The van der Waals surface area contributed by atoms with E-state index in [1.807, 2.05) is 0 Å². The van der Waals surface area contributed by atoms with Gasteiger partial charge in [-0.3, -0.25) is 4.68 Å². The fourth-order valence-electron chi connectivity index (χ4n) is 0.876. The maximum absolute atomic E-state index is 5.67. The molecule has 0 atom stereocenters. The van der Waals surface area contributed by atoms with Gasteiger partial charge in [-0.05, 0) is 12.8 Å². The minimum absolute atomic E-state index is 0.549. The Labute approximate surface area is 81.5 Å². The summed E-state index contributed by atoms with van der Waals surface area (Å²) in [5.74, 6) is 0. The zero-order valence-electron chi connectivity index (χ0n) is 6.53. The van der Waals surface area contributed by atoms with Crippen molar-refractivity contribution in [1.29, 1.82) is 0 Å². The van der Waals surface area contributed by atoms with Crippen LogP contribution < -0.4 is 5.73 Å². The molecule has 0 unspecified atom stereocenters. The molecule has 0 aliphatic heterocycles. The molecule has 66 valence electrons. The zero-order chi connectivity index (χ0) is 8.97. The number of hydrogen-bond acceptors (Lipinski definition) is 2. The lowest BCUT2D eigenvalue weighted by molar-refractivity contribution is 0.590. The average molecular weight is 204 g/mol. The van der Waals surface area contributed by atoms with Crippen LogP contribution in [-0.2, 0) is 6.54 Å². The van der Waals surface area contributed by atoms with E-state index in [-0.39, 0.29) is 0 Å². The minimum atomic E-state index is 0.549. The fourth-order valence-corrected chi connectivity index (χ4v) is 1.18. The van der Waals surface area contributed by atoms with E-state index in [2.05, 4.69) is 5.10 Å². The third kappa shape index (κ3) is 3.19. The lowest BCUT2D eigenvalue weighted by atomic mass is 10.3. The molecule has 1 heterocycles. The Hall–Kier alpha value is -0.610. The molecule has 0 saturated carbocycles. The van der Waals surface area contributed by atoms with Gasteiger partial charge in [0.2, 0.25) is 0 Å². The molecule has 0 aliphatic rings. The molecule has 3 nitrogen and oxygen atoms in total. The molecule has 0 bridgehead atoms. The van der Waals surface area contributed by atoms with E-state index in [1.54, 1.807) is 17.1 Å². The van der Waals surface area contributed by atoms with Crippen molar-refractivity contribution in [1.82, 2.24) is 9.78 Å². The molecule has 2 N–H and O–H groups in total. The number of halogens is 1. The van der Waals surface area contributed by atoms with Crippen molar-refractivity contribution in [2.75, 3.05) is 0 Å². The molecule has 0 aromatic carbocycles. The standard InChI is InChI=1S/C7H10ClN3S/c8-6-4-10-11(5-6)3-1-2-7(9)12/h4-5H,1-3H2,(H2,9,12). The molecule has 0 radical (unpaired) electrons. The number of aryl methyl sites for hydroxylation is 1. The van der Waals surface area contributed by atoms with Gasteiger partial charge in [-0.2, -0.15) is 5.10 Å². The summed E-state index contributed by atoms with van der Waals surface area (Å²) < 4.78 is 1.78. The highest BCUT2D eigenvalue weighted by Crippen LogP contribution is 2.05. The molecular weight excluding hydrogens is 194 g/mol. The summed E-state index contributed by atoms with van der Waals surface area (Å²) in [7, 11) is 0. The normalized spacial score (nSPS) is 10.1. The van der Waals surface area contributed by atoms with Crippen molar-refractivity contribution in [2.24, 2.45) is 5.73 Å². The van der Waals surface area contributed by atoms with Gasteiger partial charge in [-0.1, -0.05) is 23.8 Å². The summed E-state index contributed by atoms with van der Waals surface area (Å²) in [5.41, 5.74) is 5.34. The van der Waals surface area contributed by atoms with Gasteiger partial charge in [0.25, 0.3) is 0 Å². The molecule has 5 heteroatoms. The van der Waals surface area contributed by atoms with E-state index >= 15 is 0 Å². The molecule has 0 aliphatic carbocycles. The van der Waals surface area contributed by atoms with E-state index in [0.29, 0.717) is 10.0 Å². The number of aromatic nitrogens is 2. The van der Waals surface area contributed by atoms with Crippen molar-refractivity contribution in [3.05, 3.63) is 17.4 Å². The third-order valence-electron chi connectivity index (χ3n) is 1.41. The van der Waals surface area contributed by atoms with Gasteiger partial charge in [0.05, 0.1) is 16.2 Å². The highest BCUT2D eigenvalue weighted by molar-refractivity contribution is 7.80. The summed E-state index contributed by atoms with van der Waals surface area (Å²) in [6, 6.07) is 0. The summed E-state index contributed by atoms with van der Waals surface area (Å²) in [5, 5.41) is 4.67. The summed E-state index contributed by atoms with van der Waals surface area (Å²) in [4.78, 5) is 0.549. The molecule has 1 aromatic rings. The number of rotatable bonds is 4. The first-order valence-corrected chi connectivity index (χ1v) is 4.43. The maximum Gasteiger partial charge on any atom is 0.0785 e. The number of thiocarbonyl (C=S) groups is 1. The van der Waals surface area contributed by atoms with Crippen LogP contribution in [0, 0.1) is 0 Å². The topological polar surface area (TPSA) is 43.8 Å². The first-order valence-electron chi connectivity index (χ1n) is 3.65. The monoisotopic (exact) mass is 203 g/mol. The van der Waals surface area contributed by atoms with E-state index in [9.17, 15) is 0 Å². The van der Waals surface area contributed by atoms with Crippen LogP contribution in [0.3, 0.4) is 0 Å². The van der Waals surface area contributed by atoms with Crippen LogP contribution in [-0.4, -0.2) is 14.8 Å². The van der Waals surface area contributed by atoms with Crippen LogP contribution in [0.25, 0.3) is 0 Å². The molecule has 0 saturated heterocycles. The van der Waals surface area contributed by atoms with Crippen molar-refractivity contribution in [2.45, 2.75) is 19.4 Å². The quantitative estimate of drug-likeness (QED) is 0.757. The smallest absolute Gasteiger partial charge is 0.0785 e. The highest BCUT2D eigenvalue weighted by atomic mass is 35.5. The lowest BCUT2D eigenvalue weighted by Gasteiger charge is -1.99. The van der Waals surface area contributed by atoms with Crippen LogP contribution in [0.4, 0.5) is 0 Å². The highest BCUT2D eigenvalue weighted by Gasteiger charge is 1.95. The molecule has 12 heavy (non-hydrogen) atoms. The predicted molar refractivity (Wildman–Crippen MR) is 53.3 cm³/mol. The van der Waals surface area contributed by atoms with E-state index in [4.69, 9.17) is 29.6 Å². The van der Waals surface area contributed by atoms with Gasteiger partial charge in [-0.15, -0.1) is 0 Å². The molecule has 0 amide bonds. The van der Waals surface area contributed by atoms with Gasteiger partial charge < -0.3 is 5.73 Å². The van der Waals surface area contributed by atoms with E-state index in [1.165, 1.54) is 0 Å². The van der Waals surface area contributed by atoms with Gasteiger partial charge in [0, 0.05) is 12.7 Å². The Morgan fingerprint density at radius 2 is 2.50 bits per heavy atom. The second-order valence-electron chi connectivity index (χ2n) is 2.49. The largest absolute Gasteiger partial charge is 0.393 e. The summed E-state index contributed by atoms with van der Waals surface area (Å²) in [6.07, 6.45) is 5.06. The Kier molecular flexibility index (Phi) is 3.49. The molecular formula is C7H10ClN3S. The van der Waals surface area contributed by atoms with Crippen molar-refractivity contribution < 1.29 is 0 Å². The van der Waals surface area contributed by atoms with Crippen LogP contribution in [0.5, 0.6) is 0 Å². The van der Waals surface area contributed by atoms with E-state index < -0.39 is 0 Å². The van der Waals surface area contributed by atoms with Crippen LogP contribution in [0.2, 0.25) is 5.02 Å². The summed E-state index contributed by atoms with van der Waals surface area (Å²) in [6.45, 7) is 0.810. The maximum atomic E-state index is 5.67. The van der Waals surface area contributed by atoms with Crippen LogP contribution in [0.1, 0.15) is 12.8 Å². The number of nitrogens with zero attached hydrogens (tertiary/aromatic N) is 2. The molecule has 1 rings (SSSR count). The number of nitrogens with two attached hydrogens (primary N) is 1. The first kappa shape index (κ1) is 9.48. The second-order valence-corrected chi connectivity index (χ2v) is 3.45. The Morgan fingerprint density at radius 3 is 3.00 bits per heavy atom. The predicted octanol–water partition coefficient (Wildman–Crippen LogP) is 1.60. The van der Waals surface area contributed by atoms with Gasteiger partial charge >= 0.3 is 0 Å². The van der Waals surface area contributed by atoms with Crippen LogP contribution >= 0.6 is 23.8 Å². The fraction of sp³-hybridized carbons (Fsp3) is 0.429. The summed E-state index contributed by atoms with van der Waals surface area (Å²) >= 11 is 10.4. The Balaban J connectivity index is 2.29. The zero-order valence-corrected chi connectivity index (χ0v) is 8.11.